The lowest BCUT2D eigenvalue weighted by Crippen LogP contribution is -2.02. The van der Waals surface area contributed by atoms with Crippen molar-refractivity contribution in [1.29, 1.82) is 0 Å². The van der Waals surface area contributed by atoms with Gasteiger partial charge >= 0.3 is 5.97 Å². The molecule has 2 aromatic heterocycles. The van der Waals surface area contributed by atoms with E-state index in [0.717, 1.165) is 0 Å². The molecular weight excluding hydrogens is 186 g/mol. The number of fused-ring (bicyclic) bond motifs is 1. The summed E-state index contributed by atoms with van der Waals surface area (Å²) in [5, 5.41) is 12.7. The summed E-state index contributed by atoms with van der Waals surface area (Å²) in [6, 6.07) is 1.41. The van der Waals surface area contributed by atoms with Gasteiger partial charge in [0.25, 0.3) is 0 Å². The number of carbonyl (C=O) groups is 1. The number of nitrogens with zero attached hydrogens (tertiary/aromatic N) is 3. The largest absolute Gasteiger partial charge is 0.494 e. The summed E-state index contributed by atoms with van der Waals surface area (Å²) < 4.78 is 6.36. The molecule has 0 saturated heterocycles. The summed E-state index contributed by atoms with van der Waals surface area (Å²) in [5.41, 5.74) is 0.552. The molecule has 1 N–H and O–H groups in total. The van der Waals surface area contributed by atoms with Crippen LogP contribution in [0, 0.1) is 0 Å². The molecule has 0 aliphatic heterocycles. The molecule has 2 rings (SSSR count). The van der Waals surface area contributed by atoms with Crippen molar-refractivity contribution in [3.05, 3.63) is 24.2 Å². The number of hydrogen-bond acceptors (Lipinski definition) is 4. The molecule has 0 atom stereocenters. The second-order valence-corrected chi connectivity index (χ2v) is 2.62. The second-order valence-electron chi connectivity index (χ2n) is 2.62. The molecule has 0 bridgehead atoms. The summed E-state index contributed by atoms with van der Waals surface area (Å²) >= 11 is 0. The lowest BCUT2D eigenvalue weighted by atomic mass is 10.2. The van der Waals surface area contributed by atoms with Gasteiger partial charge in [0, 0.05) is 6.07 Å². The van der Waals surface area contributed by atoms with Gasteiger partial charge in [-0.25, -0.2) is 14.3 Å². The minimum atomic E-state index is -1.05. The molecule has 72 valence electrons. The molecule has 0 aliphatic rings. The van der Waals surface area contributed by atoms with E-state index in [-0.39, 0.29) is 11.3 Å². The van der Waals surface area contributed by atoms with E-state index in [1.54, 1.807) is 0 Å². The summed E-state index contributed by atoms with van der Waals surface area (Å²) in [4.78, 5) is 14.7. The molecular formula is C8H7N3O3. The van der Waals surface area contributed by atoms with Gasteiger partial charge in [0.1, 0.15) is 11.9 Å². The second kappa shape index (κ2) is 2.99. The number of pyridine rings is 1. The zero-order valence-corrected chi connectivity index (χ0v) is 7.34. The van der Waals surface area contributed by atoms with Crippen molar-refractivity contribution >= 4 is 11.6 Å². The fourth-order valence-corrected chi connectivity index (χ4v) is 1.17. The highest BCUT2D eigenvalue weighted by atomic mass is 16.5. The van der Waals surface area contributed by atoms with Gasteiger partial charge in [0.2, 0.25) is 0 Å². The van der Waals surface area contributed by atoms with Gasteiger partial charge < -0.3 is 9.84 Å². The first-order valence-corrected chi connectivity index (χ1v) is 3.83. The van der Waals surface area contributed by atoms with Crippen molar-refractivity contribution in [1.82, 2.24) is 14.6 Å². The lowest BCUT2D eigenvalue weighted by Gasteiger charge is -2.04. The van der Waals surface area contributed by atoms with Crippen LogP contribution in [0.25, 0.3) is 5.65 Å². The molecule has 0 unspecified atom stereocenters. The monoisotopic (exact) mass is 193 g/mol. The predicted octanol–water partition coefficient (Wildman–Crippen LogP) is 0.436. The first-order chi connectivity index (χ1) is 6.72. The van der Waals surface area contributed by atoms with E-state index >= 15 is 0 Å². The Morgan fingerprint density at radius 1 is 1.64 bits per heavy atom. The van der Waals surface area contributed by atoms with Crippen molar-refractivity contribution in [3.63, 3.8) is 0 Å². The van der Waals surface area contributed by atoms with Gasteiger partial charge in [0.05, 0.1) is 13.3 Å². The molecule has 6 heteroatoms. The van der Waals surface area contributed by atoms with Crippen LogP contribution in [0.15, 0.2) is 18.6 Å². The van der Waals surface area contributed by atoms with E-state index in [0.29, 0.717) is 5.65 Å². The van der Waals surface area contributed by atoms with Crippen LogP contribution in [-0.4, -0.2) is 32.8 Å². The summed E-state index contributed by atoms with van der Waals surface area (Å²) in [6.45, 7) is 0. The lowest BCUT2D eigenvalue weighted by molar-refractivity contribution is 0.0693. The maximum absolute atomic E-state index is 10.8. The van der Waals surface area contributed by atoms with E-state index in [9.17, 15) is 4.79 Å². The van der Waals surface area contributed by atoms with Gasteiger partial charge in [-0.3, -0.25) is 0 Å². The highest BCUT2D eigenvalue weighted by Crippen LogP contribution is 2.18. The van der Waals surface area contributed by atoms with Crippen LogP contribution in [0.3, 0.4) is 0 Å². The number of carboxylic acid groups (broad SMARTS) is 1. The van der Waals surface area contributed by atoms with Gasteiger partial charge in [-0.2, -0.15) is 5.10 Å². The first kappa shape index (κ1) is 8.49. The molecule has 14 heavy (non-hydrogen) atoms. The fourth-order valence-electron chi connectivity index (χ4n) is 1.17. The topological polar surface area (TPSA) is 76.7 Å². The third-order valence-electron chi connectivity index (χ3n) is 1.83. The third-order valence-corrected chi connectivity index (χ3v) is 1.83. The summed E-state index contributed by atoms with van der Waals surface area (Å²) in [7, 11) is 1.41. The first-order valence-electron chi connectivity index (χ1n) is 3.83. The Kier molecular flexibility index (Phi) is 1.81. The molecule has 0 aliphatic carbocycles. The zero-order chi connectivity index (χ0) is 10.1. The van der Waals surface area contributed by atoms with Crippen molar-refractivity contribution in [2.45, 2.75) is 0 Å². The molecule has 0 fully saturated rings. The summed E-state index contributed by atoms with van der Waals surface area (Å²) in [5.74, 6) is -0.789. The Morgan fingerprint density at radius 3 is 3.07 bits per heavy atom. The van der Waals surface area contributed by atoms with Crippen LogP contribution in [0.4, 0.5) is 0 Å². The number of carboxylic acids is 1. The Morgan fingerprint density at radius 2 is 2.43 bits per heavy atom. The van der Waals surface area contributed by atoms with E-state index in [1.165, 1.54) is 30.2 Å². The van der Waals surface area contributed by atoms with Gasteiger partial charge in [-0.05, 0) is 0 Å². The minimum Gasteiger partial charge on any atom is -0.494 e. The smallest absolute Gasteiger partial charge is 0.339 e. The Bertz CT molecular complexity index is 492. The molecule has 0 spiro atoms. The van der Waals surface area contributed by atoms with Gasteiger partial charge in [-0.15, -0.1) is 0 Å². The average Bonchev–Trinajstić information content (AvgIpc) is 2.62. The molecule has 0 aromatic carbocycles. The van der Waals surface area contributed by atoms with Crippen molar-refractivity contribution < 1.29 is 14.6 Å². The number of rotatable bonds is 2. The molecule has 6 nitrogen and oxygen atoms in total. The molecule has 0 amide bonds. The minimum absolute atomic E-state index is 0.0769. The number of aromatic nitrogens is 3. The SMILES string of the molecule is COc1cn2ncnc2cc1C(=O)O. The van der Waals surface area contributed by atoms with Crippen LogP contribution in [0.5, 0.6) is 5.75 Å². The maximum atomic E-state index is 10.8. The number of ether oxygens (including phenoxy) is 1. The van der Waals surface area contributed by atoms with Crippen LogP contribution in [0.1, 0.15) is 10.4 Å². The molecule has 2 heterocycles. The molecule has 0 saturated carbocycles. The van der Waals surface area contributed by atoms with Crippen LogP contribution >= 0.6 is 0 Å². The highest BCUT2D eigenvalue weighted by molar-refractivity contribution is 5.91. The van der Waals surface area contributed by atoms with Crippen molar-refractivity contribution in [3.8, 4) is 5.75 Å². The normalized spacial score (nSPS) is 10.4. The van der Waals surface area contributed by atoms with E-state index in [4.69, 9.17) is 9.84 Å². The van der Waals surface area contributed by atoms with E-state index < -0.39 is 5.97 Å². The Hall–Kier alpha value is -2.11. The highest BCUT2D eigenvalue weighted by Gasteiger charge is 2.12. The van der Waals surface area contributed by atoms with E-state index in [1.807, 2.05) is 0 Å². The Balaban J connectivity index is 2.72. The standard InChI is InChI=1S/C8H7N3O3/c1-14-6-3-11-7(9-4-10-11)2-5(6)8(12)13/h2-4H,1H3,(H,12,13). The van der Waals surface area contributed by atoms with Crippen molar-refractivity contribution in [2.75, 3.05) is 7.11 Å². The molecule has 2 aromatic rings. The van der Waals surface area contributed by atoms with Gasteiger partial charge in [-0.1, -0.05) is 0 Å². The van der Waals surface area contributed by atoms with Crippen LogP contribution in [-0.2, 0) is 0 Å². The van der Waals surface area contributed by atoms with Crippen molar-refractivity contribution in [2.24, 2.45) is 0 Å². The maximum Gasteiger partial charge on any atom is 0.339 e. The third kappa shape index (κ3) is 1.17. The number of hydrogen-bond donors (Lipinski definition) is 1. The number of aromatic carboxylic acids is 1. The predicted molar refractivity (Wildman–Crippen MR) is 46.5 cm³/mol. The molecule has 0 radical (unpaired) electrons. The quantitative estimate of drug-likeness (QED) is 0.748. The number of methoxy groups -OCH3 is 1. The summed E-state index contributed by atoms with van der Waals surface area (Å²) in [6.07, 6.45) is 2.83. The Labute approximate surface area is 78.8 Å². The zero-order valence-electron chi connectivity index (χ0n) is 7.34. The van der Waals surface area contributed by atoms with E-state index in [2.05, 4.69) is 10.1 Å². The van der Waals surface area contributed by atoms with Crippen LogP contribution < -0.4 is 4.74 Å². The average molecular weight is 193 g/mol. The fraction of sp³-hybridized carbons (Fsp3) is 0.125. The van der Waals surface area contributed by atoms with Gasteiger partial charge in [0.15, 0.2) is 11.4 Å². The van der Waals surface area contributed by atoms with Crippen LogP contribution in [0.2, 0.25) is 0 Å².